The normalized spacial score (nSPS) is 19.2. The Hall–Kier alpha value is -4.38. The first-order valence-corrected chi connectivity index (χ1v) is 12.9. The van der Waals surface area contributed by atoms with Gasteiger partial charge in [-0.1, -0.05) is 23.7 Å². The van der Waals surface area contributed by atoms with Crippen LogP contribution in [-0.4, -0.2) is 63.2 Å². The maximum atomic E-state index is 14.2. The van der Waals surface area contributed by atoms with Gasteiger partial charge in [-0.05, 0) is 49.7 Å². The van der Waals surface area contributed by atoms with Crippen molar-refractivity contribution in [3.63, 3.8) is 0 Å². The van der Waals surface area contributed by atoms with E-state index in [9.17, 15) is 19.7 Å². The molecule has 1 aromatic heterocycles. The van der Waals surface area contributed by atoms with Gasteiger partial charge in [0.1, 0.15) is 24.2 Å². The number of nitro benzene ring substituents is 1. The summed E-state index contributed by atoms with van der Waals surface area (Å²) in [4.78, 5) is 48.7. The van der Waals surface area contributed by atoms with E-state index in [0.717, 1.165) is 11.3 Å². The van der Waals surface area contributed by atoms with Gasteiger partial charge in [-0.15, -0.1) is 0 Å². The number of carbonyl (C=O) groups is 2. The number of amidine groups is 1. The number of nitrogens with zero attached hydrogens (tertiary/aromatic N) is 4. The Labute approximate surface area is 229 Å². The minimum atomic E-state index is -0.601. The second-order valence-corrected chi connectivity index (χ2v) is 9.98. The molecule has 0 saturated carbocycles. The van der Waals surface area contributed by atoms with Crippen LogP contribution >= 0.6 is 11.6 Å². The first-order chi connectivity index (χ1) is 18.7. The molecule has 12 heteroatoms. The third-order valence-corrected chi connectivity index (χ3v) is 6.77. The quantitative estimate of drug-likeness (QED) is 0.345. The van der Waals surface area contributed by atoms with Crippen molar-refractivity contribution in [2.45, 2.75) is 32.0 Å². The van der Waals surface area contributed by atoms with Crippen molar-refractivity contribution in [1.29, 1.82) is 0 Å². The van der Waals surface area contributed by atoms with E-state index in [0.29, 0.717) is 23.7 Å². The van der Waals surface area contributed by atoms with Gasteiger partial charge < -0.3 is 19.9 Å². The lowest BCUT2D eigenvalue weighted by Crippen LogP contribution is -2.55. The smallest absolute Gasteiger partial charge is 0.326 e. The zero-order chi connectivity index (χ0) is 27.7. The molecular formula is C27H27ClN6O5. The zero-order valence-electron chi connectivity index (χ0n) is 21.3. The lowest BCUT2D eigenvalue weighted by Gasteiger charge is -2.35. The summed E-state index contributed by atoms with van der Waals surface area (Å²) in [6, 6.07) is 13.6. The van der Waals surface area contributed by atoms with Crippen LogP contribution in [0, 0.1) is 10.1 Å². The van der Waals surface area contributed by atoms with Crippen LogP contribution in [0.25, 0.3) is 0 Å². The molecule has 1 saturated heterocycles. The molecular weight excluding hydrogens is 524 g/mol. The minimum absolute atomic E-state index is 0.0985. The maximum absolute atomic E-state index is 14.2. The number of halogens is 1. The molecule has 0 spiro atoms. The lowest BCUT2D eigenvalue weighted by atomic mass is 9.97. The van der Waals surface area contributed by atoms with Crippen LogP contribution in [-0.2, 0) is 4.79 Å². The summed E-state index contributed by atoms with van der Waals surface area (Å²) in [7, 11) is 0. The zero-order valence-corrected chi connectivity index (χ0v) is 22.1. The molecule has 3 aromatic rings. The fourth-order valence-electron chi connectivity index (χ4n) is 4.82. The van der Waals surface area contributed by atoms with Crippen LogP contribution in [0.1, 0.15) is 42.8 Å². The number of hydrogen-bond donors (Lipinski definition) is 2. The number of piperazine rings is 1. The molecule has 0 unspecified atom stereocenters. The fourth-order valence-corrected chi connectivity index (χ4v) is 4.95. The highest BCUT2D eigenvalue weighted by Crippen LogP contribution is 2.45. The summed E-state index contributed by atoms with van der Waals surface area (Å²) in [5, 5.41) is 14.8. The monoisotopic (exact) mass is 550 g/mol. The highest BCUT2D eigenvalue weighted by atomic mass is 35.5. The number of rotatable bonds is 6. The second-order valence-electron chi connectivity index (χ2n) is 9.55. The van der Waals surface area contributed by atoms with E-state index < -0.39 is 23.0 Å². The Morgan fingerprint density at radius 3 is 2.62 bits per heavy atom. The lowest BCUT2D eigenvalue weighted by molar-refractivity contribution is -0.384. The third kappa shape index (κ3) is 5.30. The number of aromatic amines is 1. The van der Waals surface area contributed by atoms with Crippen molar-refractivity contribution in [2.75, 3.05) is 19.6 Å². The molecule has 2 N–H and O–H groups in total. The molecule has 2 aliphatic heterocycles. The first-order valence-electron chi connectivity index (χ1n) is 12.5. The van der Waals surface area contributed by atoms with E-state index in [1.54, 1.807) is 29.3 Å². The molecule has 39 heavy (non-hydrogen) atoms. The molecule has 5 rings (SSSR count). The number of nitrogens with one attached hydrogen (secondary N) is 2. The van der Waals surface area contributed by atoms with E-state index in [4.69, 9.17) is 21.3 Å². The third-order valence-electron chi connectivity index (χ3n) is 6.51. The molecule has 0 aliphatic carbocycles. The van der Waals surface area contributed by atoms with Crippen molar-refractivity contribution in [2.24, 2.45) is 4.99 Å². The summed E-state index contributed by atoms with van der Waals surface area (Å²) in [5.41, 5.74) is 1.83. The van der Waals surface area contributed by atoms with Crippen molar-refractivity contribution >= 4 is 35.1 Å². The van der Waals surface area contributed by atoms with E-state index in [2.05, 4.69) is 10.3 Å². The maximum Gasteiger partial charge on any atom is 0.326 e. The number of non-ortho nitro benzene ring substituents is 1. The number of amides is 3. The highest BCUT2D eigenvalue weighted by Gasteiger charge is 2.45. The number of aliphatic imine (C=N–C) groups is 1. The number of urea groups is 1. The van der Waals surface area contributed by atoms with Crippen LogP contribution in [0.5, 0.6) is 5.75 Å². The minimum Gasteiger partial charge on any atom is -0.490 e. The van der Waals surface area contributed by atoms with Gasteiger partial charge in [-0.2, -0.15) is 0 Å². The largest absolute Gasteiger partial charge is 0.490 e. The highest BCUT2D eigenvalue weighted by molar-refractivity contribution is 6.30. The average molecular weight is 551 g/mol. The summed E-state index contributed by atoms with van der Waals surface area (Å²) in [6.07, 6.45) is 1.48. The average Bonchev–Trinajstić information content (AvgIpc) is 3.57. The van der Waals surface area contributed by atoms with Gasteiger partial charge in [-0.25, -0.2) is 4.79 Å². The Balaban J connectivity index is 1.70. The number of carbonyl (C=O) groups excluding carboxylic acids is 2. The topological polar surface area (TPSA) is 133 Å². The Morgan fingerprint density at radius 2 is 1.97 bits per heavy atom. The molecule has 2 atom stereocenters. The summed E-state index contributed by atoms with van der Waals surface area (Å²) in [5.74, 6) is 0.264. The molecule has 3 heterocycles. The van der Waals surface area contributed by atoms with Gasteiger partial charge in [0.25, 0.3) is 5.69 Å². The van der Waals surface area contributed by atoms with E-state index in [-0.39, 0.29) is 35.8 Å². The second kappa shape index (κ2) is 10.8. The predicted molar refractivity (Wildman–Crippen MR) is 145 cm³/mol. The Bertz CT molecular complexity index is 1420. The standard InChI is InChI=1S/C27H27ClN6O5/c1-16(2)39-22-14-19(34(37)38)9-10-20(22)26-31-24(21-4-3-11-29-21)25(17-5-7-18(28)8-6-17)33(26)27(36)32-13-12-30-23(35)15-32/h3-11,14,16,24-25,29H,12-13,15H2,1-2H3,(H,30,35)/t24-,25+/m0/s1. The number of aromatic nitrogens is 1. The molecule has 0 bridgehead atoms. The van der Waals surface area contributed by atoms with E-state index >= 15 is 0 Å². The number of H-pyrrole nitrogens is 1. The van der Waals surface area contributed by atoms with E-state index in [1.807, 2.05) is 38.1 Å². The summed E-state index contributed by atoms with van der Waals surface area (Å²) in [6.45, 7) is 4.18. The Kier molecular flexibility index (Phi) is 7.25. The predicted octanol–water partition coefficient (Wildman–Crippen LogP) is 4.46. The first kappa shape index (κ1) is 26.2. The van der Waals surface area contributed by atoms with Crippen molar-refractivity contribution in [3.05, 3.63) is 92.8 Å². The van der Waals surface area contributed by atoms with E-state index in [1.165, 1.54) is 17.0 Å². The van der Waals surface area contributed by atoms with Gasteiger partial charge in [0.2, 0.25) is 5.91 Å². The van der Waals surface area contributed by atoms with Gasteiger partial charge >= 0.3 is 6.03 Å². The number of benzene rings is 2. The number of nitro groups is 1. The van der Waals surface area contributed by atoms with Gasteiger partial charge in [0.05, 0.1) is 28.7 Å². The van der Waals surface area contributed by atoms with Gasteiger partial charge in [-0.3, -0.25) is 24.8 Å². The summed E-state index contributed by atoms with van der Waals surface area (Å²) >= 11 is 6.19. The molecule has 2 aromatic carbocycles. The number of ether oxygens (including phenoxy) is 1. The van der Waals surface area contributed by atoms with Crippen LogP contribution in [0.3, 0.4) is 0 Å². The molecule has 2 aliphatic rings. The van der Waals surface area contributed by atoms with Gasteiger partial charge in [0, 0.05) is 36.1 Å². The van der Waals surface area contributed by atoms with Gasteiger partial charge in [0.15, 0.2) is 0 Å². The SMILES string of the molecule is CC(C)Oc1cc([N+](=O)[O-])ccc1C1=N[C@@H](c2ccc[nH]2)[C@@H](c2ccc(Cl)cc2)N1C(=O)N1CCNC(=O)C1. The van der Waals surface area contributed by atoms with Crippen molar-refractivity contribution < 1.29 is 19.2 Å². The molecule has 3 amide bonds. The molecule has 1 fully saturated rings. The van der Waals surface area contributed by atoms with Crippen LogP contribution in [0.2, 0.25) is 5.02 Å². The van der Waals surface area contributed by atoms with Crippen molar-refractivity contribution in [3.8, 4) is 5.75 Å². The Morgan fingerprint density at radius 1 is 1.21 bits per heavy atom. The van der Waals surface area contributed by atoms with Crippen LogP contribution in [0.15, 0.2) is 65.8 Å². The fraction of sp³-hybridized carbons (Fsp3) is 0.296. The summed E-state index contributed by atoms with van der Waals surface area (Å²) < 4.78 is 6.00. The molecule has 202 valence electrons. The molecule has 0 radical (unpaired) electrons. The van der Waals surface area contributed by atoms with Crippen molar-refractivity contribution in [1.82, 2.24) is 20.1 Å². The molecule has 11 nitrogen and oxygen atoms in total. The van der Waals surface area contributed by atoms with Crippen LogP contribution in [0.4, 0.5) is 10.5 Å². The van der Waals surface area contributed by atoms with Crippen LogP contribution < -0.4 is 10.1 Å². The number of hydrogen-bond acceptors (Lipinski definition) is 6.